The van der Waals surface area contributed by atoms with E-state index in [9.17, 15) is 9.50 Å². The van der Waals surface area contributed by atoms with Crippen molar-refractivity contribution in [3.8, 4) is 5.75 Å². The summed E-state index contributed by atoms with van der Waals surface area (Å²) in [6.07, 6.45) is 2.46. The zero-order chi connectivity index (χ0) is 12.3. The molecule has 94 valence electrons. The Balaban J connectivity index is 1.92. The number of hydrogen-bond donors (Lipinski definition) is 3. The summed E-state index contributed by atoms with van der Waals surface area (Å²) in [6.45, 7) is 0.233. The van der Waals surface area contributed by atoms with Crippen molar-refractivity contribution < 1.29 is 9.50 Å². The smallest absolute Gasteiger partial charge is 0.138 e. The molecule has 1 aliphatic carbocycles. The lowest BCUT2D eigenvalue weighted by atomic mass is 9.84. The highest BCUT2D eigenvalue weighted by molar-refractivity contribution is 5.55. The Kier molecular flexibility index (Phi) is 3.52. The second-order valence-corrected chi connectivity index (χ2v) is 4.86. The molecule has 1 fully saturated rings. The third kappa shape index (κ3) is 3.09. The van der Waals surface area contributed by atoms with E-state index in [-0.39, 0.29) is 18.3 Å². The second-order valence-electron chi connectivity index (χ2n) is 4.86. The molecule has 1 aromatic carbocycles. The first-order valence-electron chi connectivity index (χ1n) is 6.05. The highest BCUT2D eigenvalue weighted by Gasteiger charge is 2.34. The summed E-state index contributed by atoms with van der Waals surface area (Å²) < 4.78 is 14.4. The molecule has 1 aliphatic rings. The van der Waals surface area contributed by atoms with Gasteiger partial charge in [0.2, 0.25) is 0 Å². The van der Waals surface area contributed by atoms with E-state index in [0.717, 1.165) is 12.8 Å². The highest BCUT2D eigenvalue weighted by Crippen LogP contribution is 2.32. The van der Waals surface area contributed by atoms with E-state index in [1.165, 1.54) is 0 Å². The van der Waals surface area contributed by atoms with Crippen LogP contribution in [0.15, 0.2) is 24.3 Å². The average molecular weight is 238 g/mol. The van der Waals surface area contributed by atoms with E-state index >= 15 is 0 Å². The number of nitrogens with two attached hydrogens (primary N) is 1. The van der Waals surface area contributed by atoms with Crippen LogP contribution in [0.3, 0.4) is 0 Å². The summed E-state index contributed by atoms with van der Waals surface area (Å²) in [5.74, 6) is 0.156. The lowest BCUT2D eigenvalue weighted by Gasteiger charge is -2.32. The summed E-state index contributed by atoms with van der Waals surface area (Å²) in [6, 6.07) is 7.02. The Morgan fingerprint density at radius 2 is 2.00 bits per heavy atom. The molecule has 0 aromatic heterocycles. The number of rotatable bonds is 3. The maximum atomic E-state index is 14.4. The van der Waals surface area contributed by atoms with Gasteiger partial charge < -0.3 is 16.2 Å². The molecular weight excluding hydrogens is 219 g/mol. The number of nitrogens with one attached hydrogen (secondary N) is 1. The van der Waals surface area contributed by atoms with Crippen LogP contribution in [0.5, 0.6) is 5.75 Å². The van der Waals surface area contributed by atoms with E-state index in [1.54, 1.807) is 18.2 Å². The number of alkyl halides is 1. The van der Waals surface area contributed by atoms with Crippen molar-refractivity contribution in [2.24, 2.45) is 5.73 Å². The summed E-state index contributed by atoms with van der Waals surface area (Å²) in [5, 5.41) is 12.5. The van der Waals surface area contributed by atoms with Crippen LogP contribution in [0.1, 0.15) is 25.7 Å². The molecule has 0 saturated heterocycles. The molecule has 0 unspecified atom stereocenters. The van der Waals surface area contributed by atoms with E-state index in [4.69, 9.17) is 5.73 Å². The first-order valence-corrected chi connectivity index (χ1v) is 6.05. The fraction of sp³-hybridized carbons (Fsp3) is 0.538. The number of phenols is 1. The van der Waals surface area contributed by atoms with Gasteiger partial charge in [0.25, 0.3) is 0 Å². The lowest BCUT2D eigenvalue weighted by molar-refractivity contribution is 0.113. The monoisotopic (exact) mass is 238 g/mol. The fourth-order valence-corrected chi connectivity index (χ4v) is 2.21. The standard InChI is InChI=1S/C13H19FN2O/c14-13(7-5-10(15)6-8-13)9-16-11-3-1-2-4-12(11)17/h1-4,10,16-17H,5-9,15H2. The van der Waals surface area contributed by atoms with Crippen LogP contribution in [-0.2, 0) is 0 Å². The molecule has 1 saturated carbocycles. The summed E-state index contributed by atoms with van der Waals surface area (Å²) >= 11 is 0. The molecule has 1 aromatic rings. The van der Waals surface area contributed by atoms with Gasteiger partial charge in [0.05, 0.1) is 5.69 Å². The second kappa shape index (κ2) is 4.92. The molecule has 4 N–H and O–H groups in total. The largest absolute Gasteiger partial charge is 0.506 e. The Hall–Kier alpha value is -1.29. The summed E-state index contributed by atoms with van der Waals surface area (Å²) in [5.41, 5.74) is 5.15. The quantitative estimate of drug-likeness (QED) is 0.709. The van der Waals surface area contributed by atoms with Crippen LogP contribution in [0.4, 0.5) is 10.1 Å². The molecule has 0 atom stereocenters. The van der Waals surface area contributed by atoms with Gasteiger partial charge in [-0.2, -0.15) is 0 Å². The van der Waals surface area contributed by atoms with E-state index < -0.39 is 5.67 Å². The average Bonchev–Trinajstić information content (AvgIpc) is 2.33. The van der Waals surface area contributed by atoms with Gasteiger partial charge in [0.1, 0.15) is 11.4 Å². The van der Waals surface area contributed by atoms with Gasteiger partial charge in [-0.05, 0) is 37.8 Å². The van der Waals surface area contributed by atoms with Gasteiger partial charge in [-0.1, -0.05) is 12.1 Å². The molecule has 17 heavy (non-hydrogen) atoms. The molecule has 0 bridgehead atoms. The molecule has 2 rings (SSSR count). The van der Waals surface area contributed by atoms with Gasteiger partial charge in [0, 0.05) is 12.6 Å². The normalized spacial score (nSPS) is 28.9. The molecule has 3 nitrogen and oxygen atoms in total. The number of halogens is 1. The number of hydrogen-bond acceptors (Lipinski definition) is 3. The Bertz CT molecular complexity index is 375. The van der Waals surface area contributed by atoms with E-state index in [2.05, 4.69) is 5.32 Å². The van der Waals surface area contributed by atoms with Crippen molar-refractivity contribution in [3.63, 3.8) is 0 Å². The van der Waals surface area contributed by atoms with Crippen molar-refractivity contribution in [2.75, 3.05) is 11.9 Å². The van der Waals surface area contributed by atoms with Gasteiger partial charge in [0.15, 0.2) is 0 Å². The molecule has 0 aliphatic heterocycles. The Morgan fingerprint density at radius 1 is 1.35 bits per heavy atom. The predicted octanol–water partition coefficient (Wildman–Crippen LogP) is 2.41. The van der Waals surface area contributed by atoms with Crippen molar-refractivity contribution in [1.29, 1.82) is 0 Å². The van der Waals surface area contributed by atoms with Crippen LogP contribution < -0.4 is 11.1 Å². The number of phenolic OH excluding ortho intramolecular Hbond substituents is 1. The summed E-state index contributed by atoms with van der Waals surface area (Å²) in [4.78, 5) is 0. The third-order valence-corrected chi connectivity index (χ3v) is 3.43. The minimum absolute atomic E-state index is 0.143. The topological polar surface area (TPSA) is 58.3 Å². The SMILES string of the molecule is NC1CCC(F)(CNc2ccccc2O)CC1. The third-order valence-electron chi connectivity index (χ3n) is 3.43. The molecule has 0 heterocycles. The van der Waals surface area contributed by atoms with E-state index in [0.29, 0.717) is 18.5 Å². The first-order chi connectivity index (χ1) is 8.09. The summed E-state index contributed by atoms with van der Waals surface area (Å²) in [7, 11) is 0. The number of benzene rings is 1. The minimum Gasteiger partial charge on any atom is -0.506 e. The van der Waals surface area contributed by atoms with Gasteiger partial charge in [-0.3, -0.25) is 0 Å². The van der Waals surface area contributed by atoms with Crippen molar-refractivity contribution in [2.45, 2.75) is 37.4 Å². The van der Waals surface area contributed by atoms with E-state index in [1.807, 2.05) is 6.07 Å². The molecule has 0 amide bonds. The van der Waals surface area contributed by atoms with Gasteiger partial charge in [-0.25, -0.2) is 4.39 Å². The molecule has 4 heteroatoms. The molecule has 0 spiro atoms. The maximum absolute atomic E-state index is 14.4. The van der Waals surface area contributed by atoms with Crippen LogP contribution in [0.2, 0.25) is 0 Å². The van der Waals surface area contributed by atoms with Gasteiger partial charge in [-0.15, -0.1) is 0 Å². The number of aromatic hydroxyl groups is 1. The highest BCUT2D eigenvalue weighted by atomic mass is 19.1. The van der Waals surface area contributed by atoms with Crippen LogP contribution in [0.25, 0.3) is 0 Å². The van der Waals surface area contributed by atoms with Crippen molar-refractivity contribution in [3.05, 3.63) is 24.3 Å². The molecular formula is C13H19FN2O. The first kappa shape index (κ1) is 12.2. The van der Waals surface area contributed by atoms with Crippen molar-refractivity contribution in [1.82, 2.24) is 0 Å². The fourth-order valence-electron chi connectivity index (χ4n) is 2.21. The van der Waals surface area contributed by atoms with Crippen LogP contribution in [-0.4, -0.2) is 23.4 Å². The lowest BCUT2D eigenvalue weighted by Crippen LogP contribution is -2.40. The van der Waals surface area contributed by atoms with Gasteiger partial charge >= 0.3 is 0 Å². The van der Waals surface area contributed by atoms with Crippen LogP contribution >= 0.6 is 0 Å². The predicted molar refractivity (Wildman–Crippen MR) is 66.9 cm³/mol. The number of anilines is 1. The number of para-hydroxylation sites is 2. The van der Waals surface area contributed by atoms with Crippen LogP contribution in [0, 0.1) is 0 Å². The Labute approximate surface area is 101 Å². The maximum Gasteiger partial charge on any atom is 0.138 e. The zero-order valence-corrected chi connectivity index (χ0v) is 9.82. The zero-order valence-electron chi connectivity index (χ0n) is 9.82. The van der Waals surface area contributed by atoms with Crippen molar-refractivity contribution >= 4 is 5.69 Å². The Morgan fingerprint density at radius 3 is 2.65 bits per heavy atom. The molecule has 0 radical (unpaired) electrons. The minimum atomic E-state index is -1.20.